The molecule has 3 N–H and O–H groups in total. The summed E-state index contributed by atoms with van der Waals surface area (Å²) in [7, 11) is 0. The van der Waals surface area contributed by atoms with Gasteiger partial charge in [0.2, 0.25) is 0 Å². The molecule has 0 amide bonds. The van der Waals surface area contributed by atoms with Crippen LogP contribution in [0.3, 0.4) is 0 Å². The molecule has 2 atom stereocenters. The van der Waals surface area contributed by atoms with Crippen molar-refractivity contribution in [1.82, 2.24) is 0 Å². The van der Waals surface area contributed by atoms with Crippen molar-refractivity contribution in [1.29, 1.82) is 0 Å². The lowest BCUT2D eigenvalue weighted by Gasteiger charge is -2.19. The summed E-state index contributed by atoms with van der Waals surface area (Å²) in [5.41, 5.74) is 1.27. The van der Waals surface area contributed by atoms with Gasteiger partial charge in [0.05, 0.1) is 5.92 Å². The molecule has 126 valence electrons. The fraction of sp³-hybridized carbons (Fsp3) is 0.176. The largest absolute Gasteiger partial charge is 0.481 e. The smallest absolute Gasteiger partial charge is 0.330 e. The molecule has 0 aromatic heterocycles. The van der Waals surface area contributed by atoms with Gasteiger partial charge in [0.1, 0.15) is 0 Å². The summed E-state index contributed by atoms with van der Waals surface area (Å²) in [6.45, 7) is 1.56. The first-order valence-electron chi connectivity index (χ1n) is 7.07. The van der Waals surface area contributed by atoms with E-state index in [0.29, 0.717) is 11.3 Å². The number of carboxylic acids is 2. The summed E-state index contributed by atoms with van der Waals surface area (Å²) in [5, 5.41) is 21.9. The first-order chi connectivity index (χ1) is 11.3. The van der Waals surface area contributed by atoms with Crippen molar-refractivity contribution < 1.29 is 19.8 Å². The summed E-state index contributed by atoms with van der Waals surface area (Å²) >= 11 is 12.2. The maximum atomic E-state index is 11.7. The van der Waals surface area contributed by atoms with E-state index < -0.39 is 23.9 Å². The quantitative estimate of drug-likeness (QED) is 0.703. The molecule has 1 unspecified atom stereocenters. The number of nitrogens with one attached hydrogen (secondary N) is 1. The van der Waals surface area contributed by atoms with Gasteiger partial charge in [-0.3, -0.25) is 4.79 Å². The fourth-order valence-corrected chi connectivity index (χ4v) is 2.87. The van der Waals surface area contributed by atoms with E-state index in [-0.39, 0.29) is 15.6 Å². The molecule has 0 saturated heterocycles. The van der Waals surface area contributed by atoms with Crippen LogP contribution in [-0.2, 0) is 9.59 Å². The van der Waals surface area contributed by atoms with E-state index in [1.54, 1.807) is 49.4 Å². The van der Waals surface area contributed by atoms with Gasteiger partial charge >= 0.3 is 11.9 Å². The number of aliphatic carboxylic acids is 2. The van der Waals surface area contributed by atoms with Crippen LogP contribution < -0.4 is 5.32 Å². The van der Waals surface area contributed by atoms with Crippen molar-refractivity contribution in [2.45, 2.75) is 18.9 Å². The predicted molar refractivity (Wildman–Crippen MR) is 93.0 cm³/mol. The second-order valence-electron chi connectivity index (χ2n) is 5.24. The zero-order valence-corrected chi connectivity index (χ0v) is 14.2. The summed E-state index contributed by atoms with van der Waals surface area (Å²) < 4.78 is 0. The molecule has 0 fully saturated rings. The molecule has 0 spiro atoms. The van der Waals surface area contributed by atoms with Crippen molar-refractivity contribution in [3.63, 3.8) is 0 Å². The Hall–Kier alpha value is -2.24. The van der Waals surface area contributed by atoms with Crippen LogP contribution in [0.25, 0.3) is 0 Å². The van der Waals surface area contributed by atoms with Gasteiger partial charge in [0.25, 0.3) is 0 Å². The Balaban J connectivity index is 2.38. The zero-order chi connectivity index (χ0) is 17.9. The Bertz CT molecular complexity index is 759. The van der Waals surface area contributed by atoms with Crippen LogP contribution in [0.5, 0.6) is 0 Å². The molecule has 0 aliphatic rings. The number of carbonyl (C=O) groups is 2. The third kappa shape index (κ3) is 3.99. The number of carboxylic acid groups (broad SMARTS) is 2. The molecule has 0 aliphatic heterocycles. The Kier molecular flexibility index (Phi) is 5.70. The molecule has 0 heterocycles. The van der Waals surface area contributed by atoms with Crippen LogP contribution in [-0.4, -0.2) is 22.2 Å². The summed E-state index contributed by atoms with van der Waals surface area (Å²) in [5.74, 6) is -2.82. The highest BCUT2D eigenvalue weighted by molar-refractivity contribution is 6.36. The summed E-state index contributed by atoms with van der Waals surface area (Å²) in [4.78, 5) is 22.8. The van der Waals surface area contributed by atoms with Crippen LogP contribution in [0.1, 0.15) is 30.0 Å². The SMILES string of the molecule is C[C@H](C(=O)O)c1cccc(NC(C(=O)O)c2c(Cl)cccc2Cl)c1. The number of hydrogen-bond acceptors (Lipinski definition) is 3. The average Bonchev–Trinajstić information content (AvgIpc) is 2.53. The molecule has 24 heavy (non-hydrogen) atoms. The van der Waals surface area contributed by atoms with E-state index in [2.05, 4.69) is 5.32 Å². The average molecular weight is 368 g/mol. The minimum Gasteiger partial charge on any atom is -0.481 e. The Morgan fingerprint density at radius 1 is 1.00 bits per heavy atom. The molecule has 2 rings (SSSR count). The van der Waals surface area contributed by atoms with Crippen LogP contribution in [0.15, 0.2) is 42.5 Å². The van der Waals surface area contributed by atoms with Crippen LogP contribution in [0.2, 0.25) is 10.0 Å². The lowest BCUT2D eigenvalue weighted by atomic mass is 10.0. The maximum absolute atomic E-state index is 11.7. The minimum absolute atomic E-state index is 0.234. The molecule has 0 aliphatic carbocycles. The predicted octanol–water partition coefficient (Wildman–Crippen LogP) is 4.42. The molecule has 5 nitrogen and oxygen atoms in total. The number of benzene rings is 2. The van der Waals surface area contributed by atoms with Crippen LogP contribution in [0, 0.1) is 0 Å². The molecule has 0 saturated carbocycles. The Morgan fingerprint density at radius 2 is 1.58 bits per heavy atom. The van der Waals surface area contributed by atoms with Crippen molar-refractivity contribution in [3.8, 4) is 0 Å². The lowest BCUT2D eigenvalue weighted by Crippen LogP contribution is -2.21. The topological polar surface area (TPSA) is 86.6 Å². The molecule has 2 aromatic rings. The first-order valence-corrected chi connectivity index (χ1v) is 7.83. The third-order valence-corrected chi connectivity index (χ3v) is 4.26. The standard InChI is InChI=1S/C17H15Cl2NO4/c1-9(16(21)22)10-4-2-5-11(8-10)20-15(17(23)24)14-12(18)6-3-7-13(14)19/h2-9,15,20H,1H3,(H,21,22)(H,23,24)/t9-,15?/m0/s1. The number of rotatable bonds is 6. The van der Waals surface area contributed by atoms with Crippen molar-refractivity contribution >= 4 is 40.8 Å². The monoisotopic (exact) mass is 367 g/mol. The summed E-state index contributed by atoms with van der Waals surface area (Å²) in [6.07, 6.45) is 0. The van der Waals surface area contributed by atoms with Gasteiger partial charge < -0.3 is 15.5 Å². The third-order valence-electron chi connectivity index (χ3n) is 3.60. The molecular weight excluding hydrogens is 353 g/mol. The van der Waals surface area contributed by atoms with E-state index in [1.807, 2.05) is 0 Å². The van der Waals surface area contributed by atoms with E-state index in [9.17, 15) is 14.7 Å². The number of halogens is 2. The molecule has 0 radical (unpaired) electrons. The zero-order valence-electron chi connectivity index (χ0n) is 12.7. The van der Waals surface area contributed by atoms with E-state index in [1.165, 1.54) is 0 Å². The van der Waals surface area contributed by atoms with E-state index in [4.69, 9.17) is 28.3 Å². The second-order valence-corrected chi connectivity index (χ2v) is 6.05. The van der Waals surface area contributed by atoms with Gasteiger partial charge in [-0.2, -0.15) is 0 Å². The van der Waals surface area contributed by atoms with Crippen molar-refractivity contribution in [2.75, 3.05) is 5.32 Å². The van der Waals surface area contributed by atoms with Crippen LogP contribution in [0.4, 0.5) is 5.69 Å². The highest BCUT2D eigenvalue weighted by Gasteiger charge is 2.25. The molecule has 0 bridgehead atoms. The van der Waals surface area contributed by atoms with Crippen molar-refractivity contribution in [2.24, 2.45) is 0 Å². The molecular formula is C17H15Cl2NO4. The highest BCUT2D eigenvalue weighted by Crippen LogP contribution is 2.33. The van der Waals surface area contributed by atoms with Gasteiger partial charge in [-0.25, -0.2) is 4.79 Å². The number of hydrogen-bond donors (Lipinski definition) is 3. The van der Waals surface area contributed by atoms with Crippen molar-refractivity contribution in [3.05, 3.63) is 63.6 Å². The summed E-state index contributed by atoms with van der Waals surface area (Å²) in [6, 6.07) is 10.2. The van der Waals surface area contributed by atoms with Gasteiger partial charge in [0.15, 0.2) is 6.04 Å². The van der Waals surface area contributed by atoms with Gasteiger partial charge in [-0.1, -0.05) is 41.4 Å². The lowest BCUT2D eigenvalue weighted by molar-refractivity contribution is -0.139. The molecule has 2 aromatic carbocycles. The van der Waals surface area contributed by atoms with Gasteiger partial charge in [-0.05, 0) is 36.8 Å². The Labute approximate surface area is 148 Å². The number of anilines is 1. The first kappa shape index (κ1) is 18.1. The van der Waals surface area contributed by atoms with E-state index in [0.717, 1.165) is 0 Å². The Morgan fingerprint density at radius 3 is 2.12 bits per heavy atom. The highest BCUT2D eigenvalue weighted by atomic mass is 35.5. The maximum Gasteiger partial charge on any atom is 0.330 e. The normalized spacial score (nSPS) is 13.1. The molecule has 7 heteroatoms. The minimum atomic E-state index is -1.17. The van der Waals surface area contributed by atoms with E-state index >= 15 is 0 Å². The second kappa shape index (κ2) is 7.55. The van der Waals surface area contributed by atoms with Gasteiger partial charge in [0, 0.05) is 21.3 Å². The van der Waals surface area contributed by atoms with Gasteiger partial charge in [-0.15, -0.1) is 0 Å². The fourth-order valence-electron chi connectivity index (χ4n) is 2.25. The van der Waals surface area contributed by atoms with Crippen LogP contribution >= 0.6 is 23.2 Å².